The normalized spacial score (nSPS) is 13.1. The Kier molecular flexibility index (Phi) is 6.76. The third-order valence-electron chi connectivity index (χ3n) is 5.23. The average molecular weight is 504 g/mol. The molecule has 2 heterocycles. The number of rotatable bonds is 6. The van der Waals surface area contributed by atoms with Crippen molar-refractivity contribution in [2.24, 2.45) is 0 Å². The van der Waals surface area contributed by atoms with E-state index in [1.807, 2.05) is 0 Å². The van der Waals surface area contributed by atoms with Gasteiger partial charge in [0.1, 0.15) is 12.2 Å². The van der Waals surface area contributed by atoms with Crippen LogP contribution in [-0.2, 0) is 16.0 Å². The number of ether oxygens (including phenoxy) is 2. The largest absolute Gasteiger partial charge is 0.462 e. The number of nitrogens with zero attached hydrogens (tertiary/aromatic N) is 3. The van der Waals surface area contributed by atoms with Crippen LogP contribution in [0, 0.1) is 0 Å². The van der Waals surface area contributed by atoms with Gasteiger partial charge in [0, 0.05) is 11.9 Å². The van der Waals surface area contributed by atoms with E-state index in [1.165, 1.54) is 4.90 Å². The van der Waals surface area contributed by atoms with E-state index in [-0.39, 0.29) is 28.8 Å². The van der Waals surface area contributed by atoms with Crippen LogP contribution in [0.4, 0.5) is 10.5 Å². The Morgan fingerprint density at radius 3 is 2.41 bits per heavy atom. The second kappa shape index (κ2) is 9.74. The Bertz CT molecular complexity index is 1380. The van der Waals surface area contributed by atoms with Crippen LogP contribution in [0.3, 0.4) is 0 Å². The van der Waals surface area contributed by atoms with E-state index in [0.29, 0.717) is 30.1 Å². The lowest BCUT2D eigenvalue weighted by molar-refractivity contribution is 0.0522. The fraction of sp³-hybridized carbons (Fsp3) is 0.217. The molecule has 9 nitrogen and oxygen atoms in total. The van der Waals surface area contributed by atoms with Crippen molar-refractivity contribution >= 4 is 41.0 Å². The van der Waals surface area contributed by atoms with Crippen LogP contribution in [0.25, 0.3) is 5.69 Å². The molecule has 0 radical (unpaired) electrons. The molecule has 0 saturated carbocycles. The van der Waals surface area contributed by atoms with Gasteiger partial charge in [-0.2, -0.15) is 0 Å². The van der Waals surface area contributed by atoms with Crippen molar-refractivity contribution in [2.75, 3.05) is 24.7 Å². The zero-order valence-corrected chi connectivity index (χ0v) is 19.5. The SMILES string of the molecule is CCOC(=O)c1cn(-c2ccc(N3CCOC3=O)cc2)c(=O)n(Cc2cccc(Cl)c2Cl)c1=O. The first-order valence-corrected chi connectivity index (χ1v) is 11.1. The lowest BCUT2D eigenvalue weighted by Gasteiger charge is -2.16. The second-order valence-electron chi connectivity index (χ2n) is 7.30. The van der Waals surface area contributed by atoms with Gasteiger partial charge in [-0.25, -0.2) is 14.4 Å². The van der Waals surface area contributed by atoms with Crippen LogP contribution in [0.1, 0.15) is 22.8 Å². The first-order valence-electron chi connectivity index (χ1n) is 10.3. The molecule has 0 spiro atoms. The van der Waals surface area contributed by atoms with Gasteiger partial charge in [0.2, 0.25) is 0 Å². The van der Waals surface area contributed by atoms with E-state index in [4.69, 9.17) is 32.7 Å². The van der Waals surface area contributed by atoms with Crippen molar-refractivity contribution < 1.29 is 19.1 Å². The van der Waals surface area contributed by atoms with E-state index in [0.717, 1.165) is 15.3 Å². The van der Waals surface area contributed by atoms with E-state index in [2.05, 4.69) is 0 Å². The molecular weight excluding hydrogens is 485 g/mol. The number of hydrogen-bond acceptors (Lipinski definition) is 6. The molecule has 1 aliphatic heterocycles. The summed E-state index contributed by atoms with van der Waals surface area (Å²) in [4.78, 5) is 52.2. The van der Waals surface area contributed by atoms with Crippen LogP contribution in [0.2, 0.25) is 10.0 Å². The van der Waals surface area contributed by atoms with Gasteiger partial charge in [0.25, 0.3) is 5.56 Å². The minimum atomic E-state index is -0.858. The average Bonchev–Trinajstić information content (AvgIpc) is 3.25. The van der Waals surface area contributed by atoms with Crippen molar-refractivity contribution in [3.8, 4) is 5.69 Å². The molecule has 34 heavy (non-hydrogen) atoms. The van der Waals surface area contributed by atoms with Crippen molar-refractivity contribution in [3.05, 3.63) is 90.7 Å². The van der Waals surface area contributed by atoms with Gasteiger partial charge in [-0.15, -0.1) is 0 Å². The lowest BCUT2D eigenvalue weighted by atomic mass is 10.2. The van der Waals surface area contributed by atoms with Crippen molar-refractivity contribution in [3.63, 3.8) is 0 Å². The summed E-state index contributed by atoms with van der Waals surface area (Å²) in [6, 6.07) is 11.3. The predicted molar refractivity (Wildman–Crippen MR) is 127 cm³/mol. The molecule has 0 atom stereocenters. The van der Waals surface area contributed by atoms with Crippen molar-refractivity contribution in [2.45, 2.75) is 13.5 Å². The summed E-state index contributed by atoms with van der Waals surface area (Å²) < 4.78 is 12.0. The van der Waals surface area contributed by atoms with Gasteiger partial charge in [0.05, 0.1) is 35.4 Å². The Balaban J connectivity index is 1.83. The summed E-state index contributed by atoms with van der Waals surface area (Å²) in [5, 5.41) is 0.468. The van der Waals surface area contributed by atoms with E-state index in [1.54, 1.807) is 49.4 Å². The topological polar surface area (TPSA) is 99.8 Å². The molecule has 1 fully saturated rings. The number of anilines is 1. The standard InChI is InChI=1S/C23H19Cl2N3O6/c1-2-33-21(30)17-13-27(16-8-6-15(7-9-16)26-10-11-34-23(26)32)22(31)28(20(17)29)12-14-4-3-5-18(24)19(14)25/h3-9,13H,2,10-12H2,1H3. The Morgan fingerprint density at radius 1 is 1.06 bits per heavy atom. The number of hydrogen-bond donors (Lipinski definition) is 0. The highest BCUT2D eigenvalue weighted by atomic mass is 35.5. The quantitative estimate of drug-likeness (QED) is 0.477. The molecule has 1 aliphatic rings. The van der Waals surface area contributed by atoms with E-state index < -0.39 is 23.3 Å². The number of esters is 1. The minimum Gasteiger partial charge on any atom is -0.462 e. The van der Waals surface area contributed by atoms with Crippen LogP contribution in [-0.4, -0.2) is 41.0 Å². The number of aromatic nitrogens is 2. The summed E-state index contributed by atoms with van der Waals surface area (Å²) in [7, 11) is 0. The summed E-state index contributed by atoms with van der Waals surface area (Å²) in [5.41, 5.74) is -0.424. The summed E-state index contributed by atoms with van der Waals surface area (Å²) in [6.45, 7) is 2.16. The van der Waals surface area contributed by atoms with Crippen LogP contribution >= 0.6 is 23.2 Å². The number of carbonyl (C=O) groups excluding carboxylic acids is 2. The highest BCUT2D eigenvalue weighted by Crippen LogP contribution is 2.26. The third kappa shape index (κ3) is 4.44. The Hall–Kier alpha value is -3.56. The molecule has 1 amide bonds. The first-order chi connectivity index (χ1) is 16.3. The van der Waals surface area contributed by atoms with Gasteiger partial charge in [-0.3, -0.25) is 18.8 Å². The van der Waals surface area contributed by atoms with Gasteiger partial charge >= 0.3 is 17.8 Å². The van der Waals surface area contributed by atoms with Gasteiger partial charge in [-0.05, 0) is 42.8 Å². The minimum absolute atomic E-state index is 0.0537. The molecule has 0 aliphatic carbocycles. The Morgan fingerprint density at radius 2 is 1.76 bits per heavy atom. The molecule has 0 N–H and O–H groups in total. The number of benzene rings is 2. The summed E-state index contributed by atoms with van der Waals surface area (Å²) in [5.74, 6) is -0.858. The maximum Gasteiger partial charge on any atom is 0.414 e. The highest BCUT2D eigenvalue weighted by Gasteiger charge is 2.24. The molecule has 176 valence electrons. The fourth-order valence-corrected chi connectivity index (χ4v) is 3.92. The molecule has 11 heteroatoms. The molecule has 1 saturated heterocycles. The fourth-order valence-electron chi connectivity index (χ4n) is 3.54. The van der Waals surface area contributed by atoms with E-state index in [9.17, 15) is 19.2 Å². The lowest BCUT2D eigenvalue weighted by Crippen LogP contribution is -2.42. The molecule has 0 unspecified atom stereocenters. The maximum atomic E-state index is 13.3. The van der Waals surface area contributed by atoms with Crippen LogP contribution in [0.5, 0.6) is 0 Å². The van der Waals surface area contributed by atoms with Crippen molar-refractivity contribution in [1.82, 2.24) is 9.13 Å². The maximum absolute atomic E-state index is 13.3. The first kappa shape index (κ1) is 23.6. The predicted octanol–water partition coefficient (Wildman–Crippen LogP) is 3.49. The molecule has 1 aromatic heterocycles. The summed E-state index contributed by atoms with van der Waals surface area (Å²) >= 11 is 12.3. The zero-order valence-electron chi connectivity index (χ0n) is 18.0. The number of carbonyl (C=O) groups is 2. The molecular formula is C23H19Cl2N3O6. The Labute approximate surface area is 203 Å². The van der Waals surface area contributed by atoms with Gasteiger partial charge in [-0.1, -0.05) is 35.3 Å². The van der Waals surface area contributed by atoms with E-state index >= 15 is 0 Å². The smallest absolute Gasteiger partial charge is 0.414 e. The van der Waals surface area contributed by atoms with Crippen LogP contribution < -0.4 is 16.1 Å². The summed E-state index contributed by atoms with van der Waals surface area (Å²) in [6.07, 6.45) is 0.694. The zero-order chi connectivity index (χ0) is 24.4. The van der Waals surface area contributed by atoms with Gasteiger partial charge in [0.15, 0.2) is 0 Å². The van der Waals surface area contributed by atoms with Crippen molar-refractivity contribution in [1.29, 1.82) is 0 Å². The van der Waals surface area contributed by atoms with Gasteiger partial charge < -0.3 is 9.47 Å². The van der Waals surface area contributed by atoms with Crippen LogP contribution in [0.15, 0.2) is 58.3 Å². The highest BCUT2D eigenvalue weighted by molar-refractivity contribution is 6.42. The monoisotopic (exact) mass is 503 g/mol. The third-order valence-corrected chi connectivity index (χ3v) is 6.08. The number of cyclic esters (lactones) is 1. The molecule has 0 bridgehead atoms. The molecule has 4 rings (SSSR count). The molecule has 3 aromatic rings. The number of halogens is 2. The second-order valence-corrected chi connectivity index (χ2v) is 8.09. The number of amides is 1. The molecule has 2 aromatic carbocycles.